The van der Waals surface area contributed by atoms with Gasteiger partial charge in [-0.05, 0) is 38.7 Å². The fraction of sp³-hybridized carbons (Fsp3) is 0.474. The number of pyridine rings is 1. The van der Waals surface area contributed by atoms with E-state index in [1.807, 2.05) is 13.0 Å². The number of hydrogen-bond acceptors (Lipinski definition) is 7. The Morgan fingerprint density at radius 1 is 1.32 bits per heavy atom. The Labute approximate surface area is 161 Å². The largest absolute Gasteiger partial charge is 0.394 e. The Kier molecular flexibility index (Phi) is 5.10. The minimum Gasteiger partial charge on any atom is -0.394 e. The number of aliphatic hydroxyl groups excluding tert-OH is 1. The zero-order valence-corrected chi connectivity index (χ0v) is 15.8. The van der Waals surface area contributed by atoms with Crippen molar-refractivity contribution >= 4 is 17.0 Å². The van der Waals surface area contributed by atoms with Crippen LogP contribution in [0.5, 0.6) is 0 Å². The van der Waals surface area contributed by atoms with Crippen LogP contribution in [0.4, 0.5) is 5.95 Å². The number of aromatic amines is 1. The summed E-state index contributed by atoms with van der Waals surface area (Å²) in [6, 6.07) is 1.83. The summed E-state index contributed by atoms with van der Waals surface area (Å²) >= 11 is 0. The van der Waals surface area contributed by atoms with Gasteiger partial charge in [0.1, 0.15) is 5.65 Å². The van der Waals surface area contributed by atoms with Gasteiger partial charge in [0.15, 0.2) is 0 Å². The number of aliphatic hydroxyl groups is 1. The minimum atomic E-state index is -0.105. The molecule has 28 heavy (non-hydrogen) atoms. The highest BCUT2D eigenvalue weighted by molar-refractivity contribution is 5.83. The van der Waals surface area contributed by atoms with E-state index < -0.39 is 0 Å². The summed E-state index contributed by atoms with van der Waals surface area (Å²) in [5.74, 6) is 0.161. The molecule has 1 saturated carbocycles. The highest BCUT2D eigenvalue weighted by Crippen LogP contribution is 2.32. The number of aromatic nitrogens is 5. The summed E-state index contributed by atoms with van der Waals surface area (Å²) in [5.41, 5.74) is 8.39. The lowest BCUT2D eigenvalue weighted by Gasteiger charge is -2.30. The van der Waals surface area contributed by atoms with Crippen molar-refractivity contribution in [2.75, 3.05) is 18.9 Å². The van der Waals surface area contributed by atoms with Gasteiger partial charge < -0.3 is 15.6 Å². The maximum atomic E-state index is 13.4. The number of rotatable bonds is 5. The quantitative estimate of drug-likeness (QED) is 0.608. The normalized spacial score (nSPS) is 19.9. The molecule has 0 radical (unpaired) electrons. The van der Waals surface area contributed by atoms with Crippen LogP contribution in [0.1, 0.15) is 37.4 Å². The van der Waals surface area contributed by atoms with Gasteiger partial charge in [-0.3, -0.25) is 14.5 Å². The van der Waals surface area contributed by atoms with Crippen LogP contribution in [-0.2, 0) is 4.74 Å². The average molecular weight is 384 g/mol. The van der Waals surface area contributed by atoms with Crippen molar-refractivity contribution in [1.29, 1.82) is 0 Å². The molecule has 3 aromatic rings. The van der Waals surface area contributed by atoms with E-state index in [2.05, 4.69) is 20.2 Å². The van der Waals surface area contributed by atoms with Crippen molar-refractivity contribution in [3.05, 3.63) is 34.5 Å². The first-order valence-corrected chi connectivity index (χ1v) is 9.49. The van der Waals surface area contributed by atoms with Crippen LogP contribution in [0.2, 0.25) is 0 Å². The molecule has 1 aliphatic rings. The van der Waals surface area contributed by atoms with Crippen molar-refractivity contribution in [3.63, 3.8) is 0 Å². The number of aryl methyl sites for hydroxylation is 1. The van der Waals surface area contributed by atoms with Gasteiger partial charge in [-0.2, -0.15) is 10.1 Å². The molecule has 0 atom stereocenters. The van der Waals surface area contributed by atoms with Crippen LogP contribution >= 0.6 is 0 Å². The third-order valence-corrected chi connectivity index (χ3v) is 5.36. The number of nitrogens with zero attached hydrogens (tertiary/aromatic N) is 4. The molecule has 0 saturated heterocycles. The molecule has 9 heteroatoms. The fourth-order valence-electron chi connectivity index (χ4n) is 4.01. The van der Waals surface area contributed by atoms with Gasteiger partial charge in [0.05, 0.1) is 36.8 Å². The Hall–Kier alpha value is -2.78. The number of fused-ring (bicyclic) bond motifs is 1. The average Bonchev–Trinajstić information content (AvgIpc) is 3.21. The molecule has 0 aromatic carbocycles. The maximum absolute atomic E-state index is 13.4. The van der Waals surface area contributed by atoms with Gasteiger partial charge in [0.25, 0.3) is 5.56 Å². The van der Waals surface area contributed by atoms with Crippen LogP contribution in [0.15, 0.2) is 23.3 Å². The molecule has 3 heterocycles. The summed E-state index contributed by atoms with van der Waals surface area (Å²) < 4.78 is 7.43. The van der Waals surface area contributed by atoms with E-state index in [1.165, 1.54) is 0 Å². The van der Waals surface area contributed by atoms with Gasteiger partial charge in [0, 0.05) is 23.2 Å². The smallest absolute Gasteiger partial charge is 0.260 e. The molecule has 0 unspecified atom stereocenters. The van der Waals surface area contributed by atoms with Gasteiger partial charge in [-0.1, -0.05) is 0 Å². The van der Waals surface area contributed by atoms with Crippen LogP contribution < -0.4 is 11.3 Å². The van der Waals surface area contributed by atoms with Crippen molar-refractivity contribution in [1.82, 2.24) is 24.7 Å². The van der Waals surface area contributed by atoms with Gasteiger partial charge in [-0.15, -0.1) is 0 Å². The predicted octanol–water partition coefficient (Wildman–Crippen LogP) is 1.56. The number of H-pyrrole nitrogens is 1. The lowest BCUT2D eigenvalue weighted by atomic mass is 9.92. The number of ether oxygens (including phenoxy) is 1. The van der Waals surface area contributed by atoms with Crippen molar-refractivity contribution < 1.29 is 9.84 Å². The first kappa shape index (κ1) is 18.6. The summed E-state index contributed by atoms with van der Waals surface area (Å²) in [5, 5.41) is 16.5. The predicted molar refractivity (Wildman–Crippen MR) is 105 cm³/mol. The van der Waals surface area contributed by atoms with E-state index in [4.69, 9.17) is 15.6 Å². The Morgan fingerprint density at radius 2 is 2.11 bits per heavy atom. The molecule has 1 fully saturated rings. The number of hydrogen-bond donors (Lipinski definition) is 3. The van der Waals surface area contributed by atoms with E-state index in [9.17, 15) is 4.79 Å². The van der Waals surface area contributed by atoms with Crippen molar-refractivity contribution in [3.8, 4) is 11.1 Å². The number of nitrogen functional groups attached to an aromatic ring is 1. The molecular formula is C19H24N6O3. The van der Waals surface area contributed by atoms with Crippen molar-refractivity contribution in [2.24, 2.45) is 0 Å². The molecule has 0 bridgehead atoms. The number of nitrogens with one attached hydrogen (secondary N) is 1. The van der Waals surface area contributed by atoms with E-state index in [0.29, 0.717) is 17.8 Å². The second-order valence-electron chi connectivity index (χ2n) is 7.15. The summed E-state index contributed by atoms with van der Waals surface area (Å²) in [6.45, 7) is 2.23. The summed E-state index contributed by atoms with van der Waals surface area (Å²) in [6.07, 6.45) is 6.71. The summed E-state index contributed by atoms with van der Waals surface area (Å²) in [4.78, 5) is 22.1. The maximum Gasteiger partial charge on any atom is 0.260 e. The molecule has 4 rings (SSSR count). The minimum absolute atomic E-state index is 0.00419. The topological polar surface area (TPSA) is 132 Å². The van der Waals surface area contributed by atoms with Gasteiger partial charge >= 0.3 is 0 Å². The SMILES string of the molecule is Cc1nc(N)nc2c1cc(-c1cn[nH]c1)c(=O)n2[C@H]1CC[C@H](OCCO)CC1. The van der Waals surface area contributed by atoms with E-state index in [-0.39, 0.29) is 30.3 Å². The molecule has 0 aliphatic heterocycles. The molecule has 3 aromatic heterocycles. The Balaban J connectivity index is 1.80. The zero-order valence-electron chi connectivity index (χ0n) is 15.8. The Bertz CT molecular complexity index is 1020. The first-order chi connectivity index (χ1) is 13.6. The molecular weight excluding hydrogens is 360 g/mol. The highest BCUT2D eigenvalue weighted by Gasteiger charge is 2.27. The molecule has 4 N–H and O–H groups in total. The van der Waals surface area contributed by atoms with Gasteiger partial charge in [0.2, 0.25) is 5.95 Å². The lowest BCUT2D eigenvalue weighted by molar-refractivity contribution is 0.00169. The van der Waals surface area contributed by atoms with Crippen molar-refractivity contribution in [2.45, 2.75) is 44.8 Å². The molecule has 1 aliphatic carbocycles. The fourth-order valence-corrected chi connectivity index (χ4v) is 4.01. The molecule has 0 spiro atoms. The van der Waals surface area contributed by atoms with Crippen LogP contribution in [0.25, 0.3) is 22.2 Å². The van der Waals surface area contributed by atoms with E-state index in [1.54, 1.807) is 17.0 Å². The zero-order chi connectivity index (χ0) is 19.7. The molecule has 0 amide bonds. The monoisotopic (exact) mass is 384 g/mol. The number of anilines is 1. The Morgan fingerprint density at radius 3 is 2.79 bits per heavy atom. The summed E-state index contributed by atoms with van der Waals surface area (Å²) in [7, 11) is 0. The third kappa shape index (κ3) is 3.38. The molecule has 9 nitrogen and oxygen atoms in total. The van der Waals surface area contributed by atoms with E-state index >= 15 is 0 Å². The molecule has 148 valence electrons. The first-order valence-electron chi connectivity index (χ1n) is 9.49. The van der Waals surface area contributed by atoms with Crippen LogP contribution in [0.3, 0.4) is 0 Å². The second-order valence-corrected chi connectivity index (χ2v) is 7.15. The van der Waals surface area contributed by atoms with Gasteiger partial charge in [-0.25, -0.2) is 4.98 Å². The van der Waals surface area contributed by atoms with Crippen LogP contribution in [-0.4, -0.2) is 49.2 Å². The highest BCUT2D eigenvalue weighted by atomic mass is 16.5. The lowest BCUT2D eigenvalue weighted by Crippen LogP contribution is -2.32. The standard InChI is InChI=1S/C19H24N6O3/c1-11-15-8-16(12-9-21-22-10-12)18(27)25(17(15)24-19(20)23-11)13-2-4-14(5-3-13)28-7-6-26/h8-10,13-14,26H,2-7H2,1H3,(H,21,22)(H2,20,23,24)/t13-,14-. The third-order valence-electron chi connectivity index (χ3n) is 5.36. The number of nitrogens with two attached hydrogens (primary N) is 1. The van der Waals surface area contributed by atoms with E-state index in [0.717, 1.165) is 42.3 Å². The second kappa shape index (κ2) is 7.69. The van der Waals surface area contributed by atoms with Crippen LogP contribution in [0, 0.1) is 6.92 Å².